The highest BCUT2D eigenvalue weighted by atomic mass is 32.1. The van der Waals surface area contributed by atoms with E-state index in [2.05, 4.69) is 31.1 Å². The van der Waals surface area contributed by atoms with Crippen LogP contribution in [0.5, 0.6) is 0 Å². The van der Waals surface area contributed by atoms with Gasteiger partial charge < -0.3 is 5.32 Å². The van der Waals surface area contributed by atoms with Crippen molar-refractivity contribution >= 4 is 33.1 Å². The molecule has 0 spiro atoms. The van der Waals surface area contributed by atoms with Crippen LogP contribution in [0, 0.1) is 27.7 Å². The van der Waals surface area contributed by atoms with E-state index in [1.165, 1.54) is 11.3 Å². The number of aryl methyl sites for hydroxylation is 3. The first-order valence-electron chi connectivity index (χ1n) is 8.75. The zero-order valence-corrected chi connectivity index (χ0v) is 17.3. The zero-order chi connectivity index (χ0) is 19.2. The predicted molar refractivity (Wildman–Crippen MR) is 109 cm³/mol. The lowest BCUT2D eigenvalue weighted by Crippen LogP contribution is -2.16. The van der Waals surface area contributed by atoms with E-state index in [0.717, 1.165) is 44.1 Å². The van der Waals surface area contributed by atoms with Crippen molar-refractivity contribution in [2.24, 2.45) is 0 Å². The van der Waals surface area contributed by atoms with Crippen LogP contribution in [0.15, 0.2) is 18.2 Å². The van der Waals surface area contributed by atoms with Gasteiger partial charge in [-0.2, -0.15) is 0 Å². The highest BCUT2D eigenvalue weighted by molar-refractivity contribution is 7.20. The number of nitrogens with one attached hydrogen (secondary N) is 1. The highest BCUT2D eigenvalue weighted by Gasteiger charge is 2.23. The number of fused-ring (bicyclic) bond motifs is 1. The van der Waals surface area contributed by atoms with Crippen LogP contribution in [0.3, 0.4) is 0 Å². The van der Waals surface area contributed by atoms with Crippen LogP contribution in [-0.4, -0.2) is 15.9 Å². The van der Waals surface area contributed by atoms with Gasteiger partial charge in [-0.05, 0) is 50.5 Å². The number of amides is 1. The van der Waals surface area contributed by atoms with Gasteiger partial charge in [-0.1, -0.05) is 32.9 Å². The Morgan fingerprint density at radius 2 is 1.73 bits per heavy atom. The van der Waals surface area contributed by atoms with Gasteiger partial charge in [0.05, 0.1) is 10.6 Å². The average molecular weight is 368 g/mol. The molecule has 0 saturated heterocycles. The molecule has 2 heterocycles. The van der Waals surface area contributed by atoms with E-state index < -0.39 is 0 Å². The Kier molecular flexibility index (Phi) is 4.61. The quantitative estimate of drug-likeness (QED) is 0.653. The van der Waals surface area contributed by atoms with Crippen molar-refractivity contribution in [3.05, 3.63) is 51.3 Å². The van der Waals surface area contributed by atoms with Crippen molar-refractivity contribution in [3.8, 4) is 0 Å². The molecule has 4 nitrogen and oxygen atoms in total. The third-order valence-electron chi connectivity index (χ3n) is 4.70. The second kappa shape index (κ2) is 6.47. The normalized spacial score (nSPS) is 11.8. The average Bonchev–Trinajstić information content (AvgIpc) is 2.88. The first-order valence-corrected chi connectivity index (χ1v) is 9.57. The molecule has 0 bridgehead atoms. The largest absolute Gasteiger partial charge is 0.321 e. The smallest absolute Gasteiger partial charge is 0.266 e. The summed E-state index contributed by atoms with van der Waals surface area (Å²) in [5.74, 6) is 0.723. The van der Waals surface area contributed by atoms with Crippen LogP contribution < -0.4 is 5.32 Å². The molecule has 0 saturated carbocycles. The van der Waals surface area contributed by atoms with Crippen molar-refractivity contribution < 1.29 is 4.79 Å². The van der Waals surface area contributed by atoms with Crippen molar-refractivity contribution in [1.82, 2.24) is 9.97 Å². The fourth-order valence-electron chi connectivity index (χ4n) is 2.96. The summed E-state index contributed by atoms with van der Waals surface area (Å²) >= 11 is 1.44. The molecule has 0 aliphatic rings. The first-order chi connectivity index (χ1) is 12.1. The number of hydrogen-bond acceptors (Lipinski definition) is 4. The lowest BCUT2D eigenvalue weighted by Gasteiger charge is -2.16. The van der Waals surface area contributed by atoms with Crippen molar-refractivity contribution in [2.75, 3.05) is 5.32 Å². The summed E-state index contributed by atoms with van der Waals surface area (Å²) in [7, 11) is 0. The number of carbonyl (C=O) groups excluding carboxylic acids is 1. The van der Waals surface area contributed by atoms with Crippen molar-refractivity contribution in [2.45, 2.75) is 53.9 Å². The topological polar surface area (TPSA) is 54.9 Å². The molecule has 0 radical (unpaired) electrons. The van der Waals surface area contributed by atoms with Gasteiger partial charge in [0.15, 0.2) is 0 Å². The second-order valence-electron chi connectivity index (χ2n) is 7.82. The lowest BCUT2D eigenvalue weighted by atomic mass is 9.95. The van der Waals surface area contributed by atoms with Gasteiger partial charge in [-0.15, -0.1) is 11.3 Å². The molecule has 5 heteroatoms. The number of rotatable bonds is 2. The van der Waals surface area contributed by atoms with Gasteiger partial charge in [0.25, 0.3) is 5.91 Å². The minimum Gasteiger partial charge on any atom is -0.321 e. The summed E-state index contributed by atoms with van der Waals surface area (Å²) in [6, 6.07) is 5.94. The van der Waals surface area contributed by atoms with Crippen LogP contribution in [0.4, 0.5) is 5.69 Å². The van der Waals surface area contributed by atoms with Crippen LogP contribution in [-0.2, 0) is 5.41 Å². The summed E-state index contributed by atoms with van der Waals surface area (Å²) in [5.41, 5.74) is 4.85. The number of anilines is 1. The Balaban J connectivity index is 2.05. The van der Waals surface area contributed by atoms with Gasteiger partial charge in [-0.3, -0.25) is 4.79 Å². The number of benzene rings is 1. The molecule has 26 heavy (non-hydrogen) atoms. The van der Waals surface area contributed by atoms with Crippen molar-refractivity contribution in [1.29, 1.82) is 0 Å². The fourth-order valence-corrected chi connectivity index (χ4v) is 4.08. The van der Waals surface area contributed by atoms with E-state index in [1.54, 1.807) is 0 Å². The highest BCUT2D eigenvalue weighted by Crippen LogP contribution is 2.33. The van der Waals surface area contributed by atoms with Crippen LogP contribution >= 0.6 is 11.3 Å². The molecule has 2 aromatic heterocycles. The molecule has 1 amide bonds. The zero-order valence-electron chi connectivity index (χ0n) is 16.4. The summed E-state index contributed by atoms with van der Waals surface area (Å²) in [6.45, 7) is 14.3. The second-order valence-corrected chi connectivity index (χ2v) is 8.82. The maximum absolute atomic E-state index is 12.9. The SMILES string of the molecule is Cc1cccc(NC(=O)c2sc3nc(C(C)(C)C)nc(C)c3c2C)c1C. The third-order valence-corrected chi connectivity index (χ3v) is 5.89. The minimum absolute atomic E-state index is 0.0871. The Bertz CT molecular complexity index is 1010. The molecule has 0 aliphatic carbocycles. The lowest BCUT2D eigenvalue weighted by molar-refractivity contribution is 0.103. The molecule has 1 aromatic carbocycles. The van der Waals surface area contributed by atoms with Crippen LogP contribution in [0.1, 0.15) is 58.7 Å². The number of hydrogen-bond donors (Lipinski definition) is 1. The van der Waals surface area contributed by atoms with Gasteiger partial charge in [0.2, 0.25) is 0 Å². The molecule has 0 aliphatic heterocycles. The van der Waals surface area contributed by atoms with E-state index >= 15 is 0 Å². The standard InChI is InChI=1S/C21H25N3OS/c1-11-9-8-10-15(12(11)2)23-18(25)17-13(3)16-14(4)22-20(21(5,6)7)24-19(16)26-17/h8-10H,1-7H3,(H,23,25). The monoisotopic (exact) mass is 367 g/mol. The molecule has 1 N–H and O–H groups in total. The maximum Gasteiger partial charge on any atom is 0.266 e. The molecule has 0 fully saturated rings. The van der Waals surface area contributed by atoms with E-state index in [1.807, 2.05) is 45.9 Å². The predicted octanol–water partition coefficient (Wildman–Crippen LogP) is 5.47. The van der Waals surface area contributed by atoms with Crippen LogP contribution in [0.2, 0.25) is 0 Å². The first kappa shape index (κ1) is 18.5. The van der Waals surface area contributed by atoms with E-state index in [9.17, 15) is 4.79 Å². The van der Waals surface area contributed by atoms with E-state index in [0.29, 0.717) is 4.88 Å². The molecular formula is C21H25N3OS. The minimum atomic E-state index is -0.127. The number of carbonyl (C=O) groups is 1. The summed E-state index contributed by atoms with van der Waals surface area (Å²) in [5, 5.41) is 4.05. The van der Waals surface area contributed by atoms with Gasteiger partial charge in [-0.25, -0.2) is 9.97 Å². The van der Waals surface area contributed by atoms with Gasteiger partial charge in [0.1, 0.15) is 10.7 Å². The Morgan fingerprint density at radius 1 is 1.04 bits per heavy atom. The molecule has 0 unspecified atom stereocenters. The molecule has 3 aromatic rings. The number of thiophene rings is 1. The number of nitrogens with zero attached hydrogens (tertiary/aromatic N) is 2. The maximum atomic E-state index is 12.9. The van der Waals surface area contributed by atoms with E-state index in [-0.39, 0.29) is 11.3 Å². The Hall–Kier alpha value is -2.27. The summed E-state index contributed by atoms with van der Waals surface area (Å²) < 4.78 is 0. The molecule has 3 rings (SSSR count). The third kappa shape index (κ3) is 3.23. The van der Waals surface area contributed by atoms with Gasteiger partial charge in [0, 0.05) is 16.5 Å². The molecular weight excluding hydrogens is 342 g/mol. The Labute approximate surface area is 158 Å². The summed E-state index contributed by atoms with van der Waals surface area (Å²) in [4.78, 5) is 23.9. The summed E-state index contributed by atoms with van der Waals surface area (Å²) in [6.07, 6.45) is 0. The van der Waals surface area contributed by atoms with Crippen molar-refractivity contribution in [3.63, 3.8) is 0 Å². The number of aromatic nitrogens is 2. The molecule has 136 valence electrons. The Morgan fingerprint density at radius 3 is 2.38 bits per heavy atom. The van der Waals surface area contributed by atoms with E-state index in [4.69, 9.17) is 4.98 Å². The van der Waals surface area contributed by atoms with Crippen LogP contribution in [0.25, 0.3) is 10.2 Å². The molecule has 0 atom stereocenters. The fraction of sp³-hybridized carbons (Fsp3) is 0.381. The van der Waals surface area contributed by atoms with Gasteiger partial charge >= 0.3 is 0 Å².